The van der Waals surface area contributed by atoms with E-state index in [1.165, 1.54) is 0 Å². The molecule has 48 valence electrons. The predicted octanol–water partition coefficient (Wildman–Crippen LogP) is 2.72. The van der Waals surface area contributed by atoms with Crippen molar-refractivity contribution in [2.75, 3.05) is 0 Å². The van der Waals surface area contributed by atoms with Crippen LogP contribution in [0, 0.1) is 9.39 Å². The predicted molar refractivity (Wildman–Crippen MR) is 46.4 cm³/mol. The first-order valence-electron chi connectivity index (χ1n) is 2.35. The van der Waals surface area contributed by atoms with Gasteiger partial charge in [-0.15, -0.1) is 12.6 Å². The van der Waals surface area contributed by atoms with E-state index in [1.54, 1.807) is 18.2 Å². The van der Waals surface area contributed by atoms with Gasteiger partial charge in [0.15, 0.2) is 0 Å². The smallest absolute Gasteiger partial charge is 0.149 e. The van der Waals surface area contributed by atoms with Gasteiger partial charge in [0, 0.05) is 8.47 Å². The minimum atomic E-state index is -0.235. The minimum absolute atomic E-state index is 0.235. The minimum Gasteiger partial charge on any atom is -0.205 e. The molecule has 0 saturated carbocycles. The Hall–Kier alpha value is 0.230. The van der Waals surface area contributed by atoms with Crippen LogP contribution >= 0.6 is 35.2 Å². The quantitative estimate of drug-likeness (QED) is 0.534. The lowest BCUT2D eigenvalue weighted by atomic mass is 10.3. The number of benzene rings is 1. The molecule has 0 aliphatic heterocycles. The van der Waals surface area contributed by atoms with Gasteiger partial charge in [-0.2, -0.15) is 0 Å². The Balaban J connectivity index is 3.25. The molecule has 0 unspecified atom stereocenters. The van der Waals surface area contributed by atoms with Crippen LogP contribution in [0.3, 0.4) is 0 Å². The highest BCUT2D eigenvalue weighted by atomic mass is 127. The highest BCUT2D eigenvalue weighted by molar-refractivity contribution is 14.1. The molecule has 0 spiro atoms. The second-order valence-corrected chi connectivity index (χ2v) is 3.22. The third-order valence-electron chi connectivity index (χ3n) is 0.931. The van der Waals surface area contributed by atoms with Crippen molar-refractivity contribution in [1.29, 1.82) is 0 Å². The number of halogens is 2. The second kappa shape index (κ2) is 2.88. The van der Waals surface area contributed by atoms with E-state index in [0.29, 0.717) is 8.47 Å². The first-order valence-corrected chi connectivity index (χ1v) is 3.87. The van der Waals surface area contributed by atoms with Crippen molar-refractivity contribution >= 4 is 35.2 Å². The summed E-state index contributed by atoms with van der Waals surface area (Å²) < 4.78 is 13.3. The van der Waals surface area contributed by atoms with Crippen molar-refractivity contribution in [3.63, 3.8) is 0 Å². The molecule has 1 rings (SSSR count). The van der Waals surface area contributed by atoms with Crippen LogP contribution < -0.4 is 0 Å². The van der Waals surface area contributed by atoms with Crippen LogP contribution in [0.5, 0.6) is 0 Å². The molecule has 0 bridgehead atoms. The molecule has 0 amide bonds. The van der Waals surface area contributed by atoms with Gasteiger partial charge in [0.25, 0.3) is 0 Å². The van der Waals surface area contributed by atoms with Crippen LogP contribution in [-0.2, 0) is 0 Å². The highest BCUT2D eigenvalue weighted by Gasteiger charge is 1.99. The largest absolute Gasteiger partial charge is 0.205 e. The summed E-state index contributed by atoms with van der Waals surface area (Å²) in [7, 11) is 0. The first kappa shape index (κ1) is 7.34. The van der Waals surface area contributed by atoms with E-state index in [2.05, 4.69) is 12.6 Å². The van der Waals surface area contributed by atoms with Crippen LogP contribution in [0.4, 0.5) is 4.39 Å². The lowest BCUT2D eigenvalue weighted by molar-refractivity contribution is 0.595. The van der Waals surface area contributed by atoms with Crippen molar-refractivity contribution in [1.82, 2.24) is 0 Å². The van der Waals surface area contributed by atoms with Crippen LogP contribution in [0.2, 0.25) is 0 Å². The van der Waals surface area contributed by atoms with Gasteiger partial charge in [0.1, 0.15) is 5.82 Å². The molecular formula is C6H4FIS. The van der Waals surface area contributed by atoms with Gasteiger partial charge < -0.3 is 0 Å². The van der Waals surface area contributed by atoms with Crippen molar-refractivity contribution in [2.45, 2.75) is 4.90 Å². The topological polar surface area (TPSA) is 0 Å². The van der Waals surface area contributed by atoms with Gasteiger partial charge >= 0.3 is 0 Å². The molecule has 0 aliphatic rings. The zero-order valence-electron chi connectivity index (χ0n) is 4.44. The number of hydrogen-bond acceptors (Lipinski definition) is 1. The molecule has 0 fully saturated rings. The van der Waals surface area contributed by atoms with E-state index in [0.717, 1.165) is 0 Å². The summed E-state index contributed by atoms with van der Waals surface area (Å²) in [6.45, 7) is 0. The Morgan fingerprint density at radius 2 is 2.11 bits per heavy atom. The fraction of sp³-hybridized carbons (Fsp3) is 0. The SMILES string of the molecule is Fc1c(S)cccc1I. The Kier molecular flexibility index (Phi) is 2.35. The molecule has 3 heteroatoms. The normalized spacial score (nSPS) is 9.67. The number of rotatable bonds is 0. The van der Waals surface area contributed by atoms with Crippen molar-refractivity contribution in [3.8, 4) is 0 Å². The molecule has 0 aromatic heterocycles. The maximum atomic E-state index is 12.6. The van der Waals surface area contributed by atoms with E-state index in [4.69, 9.17) is 0 Å². The average molecular weight is 254 g/mol. The highest BCUT2D eigenvalue weighted by Crippen LogP contribution is 2.16. The van der Waals surface area contributed by atoms with Crippen molar-refractivity contribution < 1.29 is 4.39 Å². The zero-order valence-corrected chi connectivity index (χ0v) is 7.49. The fourth-order valence-electron chi connectivity index (χ4n) is 0.492. The van der Waals surface area contributed by atoms with Gasteiger partial charge in [0.2, 0.25) is 0 Å². The summed E-state index contributed by atoms with van der Waals surface area (Å²) in [5, 5.41) is 0. The molecule has 0 nitrogen and oxygen atoms in total. The van der Waals surface area contributed by atoms with Gasteiger partial charge in [-0.1, -0.05) is 6.07 Å². The molecule has 0 heterocycles. The van der Waals surface area contributed by atoms with E-state index < -0.39 is 0 Å². The van der Waals surface area contributed by atoms with Crippen LogP contribution in [-0.4, -0.2) is 0 Å². The standard InChI is InChI=1S/C6H4FIS/c7-6-4(8)2-1-3-5(6)9/h1-3,9H. The van der Waals surface area contributed by atoms with Gasteiger partial charge in [0.05, 0.1) is 0 Å². The molecule has 0 N–H and O–H groups in total. The molecule has 0 saturated heterocycles. The fourth-order valence-corrected chi connectivity index (χ4v) is 1.41. The van der Waals surface area contributed by atoms with Crippen molar-refractivity contribution in [3.05, 3.63) is 27.6 Å². The lowest BCUT2D eigenvalue weighted by Crippen LogP contribution is -1.80. The summed E-state index contributed by atoms with van der Waals surface area (Å²) in [5.74, 6) is -0.235. The van der Waals surface area contributed by atoms with Crippen molar-refractivity contribution in [2.24, 2.45) is 0 Å². The molecule has 0 aliphatic carbocycles. The van der Waals surface area contributed by atoms with E-state index in [1.807, 2.05) is 22.6 Å². The Morgan fingerprint density at radius 3 is 2.56 bits per heavy atom. The van der Waals surface area contributed by atoms with E-state index in [-0.39, 0.29) is 5.82 Å². The van der Waals surface area contributed by atoms with Crippen LogP contribution in [0.25, 0.3) is 0 Å². The van der Waals surface area contributed by atoms with Crippen LogP contribution in [0.15, 0.2) is 23.1 Å². The van der Waals surface area contributed by atoms with E-state index >= 15 is 0 Å². The molecule has 1 aromatic rings. The van der Waals surface area contributed by atoms with Gasteiger partial charge in [-0.25, -0.2) is 4.39 Å². The Bertz CT molecular complexity index is 204. The number of hydrogen-bond donors (Lipinski definition) is 1. The molecular weight excluding hydrogens is 250 g/mol. The maximum absolute atomic E-state index is 12.6. The maximum Gasteiger partial charge on any atom is 0.149 e. The Labute approximate surface area is 72.0 Å². The summed E-state index contributed by atoms with van der Waals surface area (Å²) in [6, 6.07) is 5.10. The molecule has 0 radical (unpaired) electrons. The molecule has 9 heavy (non-hydrogen) atoms. The third-order valence-corrected chi connectivity index (χ3v) is 2.11. The second-order valence-electron chi connectivity index (χ2n) is 1.57. The van der Waals surface area contributed by atoms with Crippen LogP contribution in [0.1, 0.15) is 0 Å². The van der Waals surface area contributed by atoms with Gasteiger partial charge in [-0.3, -0.25) is 0 Å². The Morgan fingerprint density at radius 1 is 1.44 bits per heavy atom. The lowest BCUT2D eigenvalue weighted by Gasteiger charge is -1.94. The monoisotopic (exact) mass is 254 g/mol. The zero-order chi connectivity index (χ0) is 6.85. The van der Waals surface area contributed by atoms with Gasteiger partial charge in [-0.05, 0) is 34.7 Å². The molecule has 1 aromatic carbocycles. The summed E-state index contributed by atoms with van der Waals surface area (Å²) in [5.41, 5.74) is 0. The molecule has 0 atom stereocenters. The first-order chi connectivity index (χ1) is 4.22. The summed E-state index contributed by atoms with van der Waals surface area (Å²) >= 11 is 5.81. The average Bonchev–Trinajstić information content (AvgIpc) is 1.83. The summed E-state index contributed by atoms with van der Waals surface area (Å²) in [6.07, 6.45) is 0. The third kappa shape index (κ3) is 1.58. The summed E-state index contributed by atoms with van der Waals surface area (Å²) in [4.78, 5) is 0.405. The number of thiol groups is 1. The van der Waals surface area contributed by atoms with E-state index in [9.17, 15) is 4.39 Å².